The number of aromatic nitrogens is 3. The minimum Gasteiger partial charge on any atom is -0.445 e. The average molecular weight is 746 g/mol. The lowest BCUT2D eigenvalue weighted by atomic mass is 10.0. The highest BCUT2D eigenvalue weighted by molar-refractivity contribution is 6.00. The molecule has 2 aromatic heterocycles. The number of alkyl halides is 3. The number of carbonyl (C=O) groups excluding carboxylic acids is 2. The highest BCUT2D eigenvalue weighted by atomic mass is 19.4. The van der Waals surface area contributed by atoms with Gasteiger partial charge in [-0.25, -0.2) is 23.9 Å². The first-order valence-corrected chi connectivity index (χ1v) is 17.5. The number of piperazine rings is 1. The number of urea groups is 1. The van der Waals surface area contributed by atoms with Crippen molar-refractivity contribution in [3.8, 4) is 11.3 Å². The van der Waals surface area contributed by atoms with Crippen LogP contribution in [0.2, 0.25) is 0 Å². The molecule has 7 rings (SSSR count). The number of rotatable bonds is 8. The van der Waals surface area contributed by atoms with E-state index in [1.165, 1.54) is 30.5 Å². The highest BCUT2D eigenvalue weighted by Gasteiger charge is 2.35. The Morgan fingerprint density at radius 1 is 0.981 bits per heavy atom. The van der Waals surface area contributed by atoms with Gasteiger partial charge < -0.3 is 30.9 Å². The van der Waals surface area contributed by atoms with Gasteiger partial charge in [0.15, 0.2) is 0 Å². The van der Waals surface area contributed by atoms with Crippen LogP contribution in [0, 0.1) is 5.82 Å². The molecule has 4 N–H and O–H groups in total. The van der Waals surface area contributed by atoms with E-state index in [0.29, 0.717) is 55.2 Å². The third-order valence-corrected chi connectivity index (χ3v) is 9.78. The van der Waals surface area contributed by atoms with Gasteiger partial charge in [-0.2, -0.15) is 13.2 Å². The summed E-state index contributed by atoms with van der Waals surface area (Å²) in [6.07, 6.45) is -1.23. The number of nitrogens with two attached hydrogens (primary N) is 1. The van der Waals surface area contributed by atoms with Gasteiger partial charge >= 0.3 is 18.3 Å². The monoisotopic (exact) mass is 745 g/mol. The molecule has 2 saturated heterocycles. The SMILES string of the molecule is CN1CCN(Cc2ccc(NC(=O)Nc3ccc(-c4nc(C5CCN(C(=O)OCc6ccccc6)C5)n5ccnc(N)c45)cc3F)cc2C(F)(F)F)CC1. The summed E-state index contributed by atoms with van der Waals surface area (Å²) < 4.78 is 65.0. The van der Waals surface area contributed by atoms with Gasteiger partial charge in [-0.15, -0.1) is 0 Å². The van der Waals surface area contributed by atoms with Crippen molar-refractivity contribution in [2.24, 2.45) is 0 Å². The maximum atomic E-state index is 15.6. The lowest BCUT2D eigenvalue weighted by molar-refractivity contribution is -0.138. The smallest absolute Gasteiger partial charge is 0.416 e. The van der Waals surface area contributed by atoms with Crippen LogP contribution < -0.4 is 16.4 Å². The van der Waals surface area contributed by atoms with Crippen molar-refractivity contribution in [1.82, 2.24) is 29.1 Å². The number of nitrogens with one attached hydrogen (secondary N) is 2. The largest absolute Gasteiger partial charge is 0.445 e. The number of hydrogen-bond donors (Lipinski definition) is 3. The van der Waals surface area contributed by atoms with Crippen LogP contribution in [0.25, 0.3) is 16.8 Å². The molecule has 54 heavy (non-hydrogen) atoms. The van der Waals surface area contributed by atoms with E-state index < -0.39 is 29.7 Å². The highest BCUT2D eigenvalue weighted by Crippen LogP contribution is 2.36. The molecule has 12 nitrogen and oxygen atoms in total. The summed E-state index contributed by atoms with van der Waals surface area (Å²) >= 11 is 0. The molecule has 4 heterocycles. The number of likely N-dealkylation sites (tertiary alicyclic amines) is 1. The normalized spacial score (nSPS) is 16.8. The number of hydrogen-bond acceptors (Lipinski definition) is 8. The molecule has 282 valence electrons. The van der Waals surface area contributed by atoms with Gasteiger partial charge in [-0.3, -0.25) is 9.30 Å². The summed E-state index contributed by atoms with van der Waals surface area (Å²) in [5.74, 6) is -0.203. The van der Waals surface area contributed by atoms with Crippen LogP contribution in [-0.2, 0) is 24.1 Å². The predicted molar refractivity (Wildman–Crippen MR) is 195 cm³/mol. The molecule has 0 spiro atoms. The summed E-state index contributed by atoms with van der Waals surface area (Å²) in [5, 5.41) is 4.78. The van der Waals surface area contributed by atoms with Crippen molar-refractivity contribution in [1.29, 1.82) is 0 Å². The molecule has 2 fully saturated rings. The van der Waals surface area contributed by atoms with Crippen molar-refractivity contribution in [2.45, 2.75) is 31.7 Å². The lowest BCUT2D eigenvalue weighted by Gasteiger charge is -2.33. The van der Waals surface area contributed by atoms with Gasteiger partial charge in [0, 0.05) is 75.4 Å². The van der Waals surface area contributed by atoms with Gasteiger partial charge in [0.2, 0.25) is 0 Å². The van der Waals surface area contributed by atoms with E-state index in [9.17, 15) is 22.8 Å². The number of fused-ring (bicyclic) bond motifs is 1. The summed E-state index contributed by atoms with van der Waals surface area (Å²) in [4.78, 5) is 40.5. The Morgan fingerprint density at radius 2 is 1.76 bits per heavy atom. The van der Waals surface area contributed by atoms with Crippen LogP contribution in [0.15, 0.2) is 79.1 Å². The number of imidazole rings is 1. The van der Waals surface area contributed by atoms with Crippen molar-refractivity contribution in [3.63, 3.8) is 0 Å². The van der Waals surface area contributed by atoms with Gasteiger partial charge in [-0.1, -0.05) is 42.5 Å². The van der Waals surface area contributed by atoms with Crippen LogP contribution in [0.3, 0.4) is 0 Å². The van der Waals surface area contributed by atoms with Gasteiger partial charge in [0.05, 0.1) is 11.3 Å². The third-order valence-electron chi connectivity index (χ3n) is 9.78. The fourth-order valence-electron chi connectivity index (χ4n) is 6.88. The predicted octanol–water partition coefficient (Wildman–Crippen LogP) is 6.65. The molecular formula is C38H39F4N9O3. The lowest BCUT2D eigenvalue weighted by Crippen LogP contribution is -2.44. The van der Waals surface area contributed by atoms with Gasteiger partial charge in [-0.05, 0) is 48.9 Å². The molecule has 16 heteroatoms. The fourth-order valence-corrected chi connectivity index (χ4v) is 6.88. The number of benzene rings is 3. The van der Waals surface area contributed by atoms with Crippen molar-refractivity contribution in [3.05, 3.63) is 107 Å². The topological polar surface area (TPSA) is 133 Å². The Hall–Kier alpha value is -5.74. The number of carbonyl (C=O) groups is 2. The molecule has 0 saturated carbocycles. The summed E-state index contributed by atoms with van der Waals surface area (Å²) in [7, 11) is 1.97. The maximum Gasteiger partial charge on any atom is 0.416 e. The molecule has 3 amide bonds. The minimum absolute atomic E-state index is 0.0890. The Labute approximate surface area is 308 Å². The van der Waals surface area contributed by atoms with Gasteiger partial charge in [0.25, 0.3) is 0 Å². The number of halogens is 4. The van der Waals surface area contributed by atoms with Crippen LogP contribution in [0.4, 0.5) is 44.3 Å². The van der Waals surface area contributed by atoms with E-state index >= 15 is 4.39 Å². The van der Waals surface area contributed by atoms with Crippen LogP contribution in [-0.4, -0.2) is 87.5 Å². The molecule has 1 atom stereocenters. The molecule has 0 radical (unpaired) electrons. The van der Waals surface area contributed by atoms with Crippen LogP contribution >= 0.6 is 0 Å². The minimum atomic E-state index is -4.64. The molecule has 0 aliphatic carbocycles. The summed E-state index contributed by atoms with van der Waals surface area (Å²) in [6, 6.07) is 16.2. The molecular weight excluding hydrogens is 706 g/mol. The quantitative estimate of drug-likeness (QED) is 0.151. The molecule has 2 aliphatic heterocycles. The van der Waals surface area contributed by atoms with Crippen molar-refractivity contribution >= 4 is 34.8 Å². The first kappa shape index (κ1) is 36.6. The van der Waals surface area contributed by atoms with E-state index in [4.69, 9.17) is 15.5 Å². The standard InChI is InChI=1S/C38H39F4N9O3/c1-48-15-17-49(18-16-48)21-26-7-9-28(20-29(26)38(40,41)42)45-36(52)46-31-10-8-25(19-30(31)39)32-33-34(43)44-12-14-51(33)35(47-32)27-11-13-50(22-27)37(53)54-23-24-5-3-2-4-6-24/h2-10,12,14,19-20,27H,11,13,15-18,21-23H2,1H3,(H2,43,44)(H2,45,46,52). The second-order valence-electron chi connectivity index (χ2n) is 13.5. The Kier molecular flexibility index (Phi) is 10.4. The average Bonchev–Trinajstić information content (AvgIpc) is 3.80. The Morgan fingerprint density at radius 3 is 2.50 bits per heavy atom. The van der Waals surface area contributed by atoms with Crippen LogP contribution in [0.1, 0.15) is 34.9 Å². The first-order valence-electron chi connectivity index (χ1n) is 17.5. The van der Waals surface area contributed by atoms with Crippen molar-refractivity contribution in [2.75, 3.05) is 62.7 Å². The number of ether oxygens (including phenoxy) is 1. The maximum absolute atomic E-state index is 15.6. The summed E-state index contributed by atoms with van der Waals surface area (Å²) in [5.41, 5.74) is 7.30. The second-order valence-corrected chi connectivity index (χ2v) is 13.5. The molecule has 2 aliphatic rings. The second kappa shape index (κ2) is 15.3. The molecule has 5 aromatic rings. The number of nitrogens with zero attached hydrogens (tertiary/aromatic N) is 6. The zero-order chi connectivity index (χ0) is 38.0. The number of likely N-dealkylation sites (N-methyl/N-ethyl adjacent to an activating group) is 1. The number of amides is 3. The fraction of sp³-hybridized carbons (Fsp3) is 0.316. The van der Waals surface area contributed by atoms with Crippen molar-refractivity contribution < 1.29 is 31.9 Å². The number of nitrogen functional groups attached to an aromatic ring is 1. The Balaban J connectivity index is 1.04. The summed E-state index contributed by atoms with van der Waals surface area (Å²) in [6.45, 7) is 3.91. The number of anilines is 3. The van der Waals surface area contributed by atoms with E-state index in [2.05, 4.69) is 20.5 Å². The molecule has 3 aromatic carbocycles. The zero-order valence-corrected chi connectivity index (χ0v) is 29.4. The van der Waals surface area contributed by atoms with E-state index in [1.54, 1.807) is 21.6 Å². The van der Waals surface area contributed by atoms with Crippen LogP contribution in [0.5, 0.6) is 0 Å². The molecule has 1 unspecified atom stereocenters. The van der Waals surface area contributed by atoms with E-state index in [1.807, 2.05) is 42.3 Å². The Bertz CT molecular complexity index is 2150. The third kappa shape index (κ3) is 8.09. The molecule has 0 bridgehead atoms. The van der Waals surface area contributed by atoms with E-state index in [-0.39, 0.29) is 41.8 Å². The van der Waals surface area contributed by atoms with E-state index in [0.717, 1.165) is 24.7 Å². The van der Waals surface area contributed by atoms with Gasteiger partial charge in [0.1, 0.15) is 35.3 Å². The zero-order valence-electron chi connectivity index (χ0n) is 29.4. The first-order chi connectivity index (χ1) is 25.9.